The normalized spacial score (nSPS) is 15.5. The minimum atomic E-state index is -2.96. The highest BCUT2D eigenvalue weighted by Crippen LogP contribution is 2.41. The lowest BCUT2D eigenvalue weighted by molar-refractivity contribution is -0.0505. The van der Waals surface area contributed by atoms with Crippen LogP contribution in [0.2, 0.25) is 0 Å². The Balaban J connectivity index is 1.74. The number of allylic oxidation sites excluding steroid dienone is 1. The van der Waals surface area contributed by atoms with E-state index in [0.717, 1.165) is 21.1 Å². The molecular formula is C23H15BrF3N3O. The molecule has 1 aliphatic heterocycles. The van der Waals surface area contributed by atoms with Crippen LogP contribution in [0.5, 0.6) is 5.75 Å². The number of para-hydroxylation sites is 2. The molecule has 5 rings (SSSR count). The molecule has 4 nitrogen and oxygen atoms in total. The van der Waals surface area contributed by atoms with Gasteiger partial charge < -0.3 is 10.1 Å². The minimum absolute atomic E-state index is 0.0727. The Bertz CT molecular complexity index is 1300. The summed E-state index contributed by atoms with van der Waals surface area (Å²) in [4.78, 5) is 4.67. The number of hydrogen-bond acceptors (Lipinski definition) is 3. The molecule has 1 N–H and O–H groups in total. The van der Waals surface area contributed by atoms with Crippen molar-refractivity contribution < 1.29 is 17.9 Å². The summed E-state index contributed by atoms with van der Waals surface area (Å²) in [6, 6.07) is 18.1. The molecule has 1 unspecified atom stereocenters. The van der Waals surface area contributed by atoms with Gasteiger partial charge in [-0.15, -0.1) is 0 Å². The number of alkyl halides is 2. The van der Waals surface area contributed by atoms with Crippen LogP contribution in [0.15, 0.2) is 77.3 Å². The maximum Gasteiger partial charge on any atom is 0.387 e. The van der Waals surface area contributed by atoms with Gasteiger partial charge in [0.25, 0.3) is 0 Å². The summed E-state index contributed by atoms with van der Waals surface area (Å²) in [5.74, 6) is 0.281. The van der Waals surface area contributed by atoms with Crippen molar-refractivity contribution in [2.24, 2.45) is 0 Å². The standard InChI is InChI=1S/C23H15BrF3N3O/c24-14-7-10-21(31-22(26)27)16(11-14)20-12-18(13-5-8-15(25)9-6-13)29-23-28-17-3-1-2-4-19(17)30(20)23/h1-12,20,22H,(H,28,29). The number of benzene rings is 3. The van der Waals surface area contributed by atoms with Gasteiger partial charge in [-0.05, 0) is 66.2 Å². The fourth-order valence-electron chi connectivity index (χ4n) is 3.79. The number of aromatic nitrogens is 2. The first-order chi connectivity index (χ1) is 15.0. The Hall–Kier alpha value is -3.26. The van der Waals surface area contributed by atoms with Crippen molar-refractivity contribution in [3.63, 3.8) is 0 Å². The molecule has 0 amide bonds. The topological polar surface area (TPSA) is 39.1 Å². The van der Waals surface area contributed by atoms with E-state index in [4.69, 9.17) is 4.74 Å². The van der Waals surface area contributed by atoms with Gasteiger partial charge in [-0.3, -0.25) is 4.57 Å². The van der Waals surface area contributed by atoms with Crippen LogP contribution >= 0.6 is 15.9 Å². The molecule has 2 heterocycles. The van der Waals surface area contributed by atoms with E-state index in [0.29, 0.717) is 17.2 Å². The molecule has 0 saturated heterocycles. The molecule has 1 aliphatic rings. The van der Waals surface area contributed by atoms with Crippen molar-refractivity contribution in [1.82, 2.24) is 9.55 Å². The first-order valence-corrected chi connectivity index (χ1v) is 10.2. The number of halogens is 4. The van der Waals surface area contributed by atoms with E-state index in [1.165, 1.54) is 18.2 Å². The molecule has 1 aromatic heterocycles. The third-order valence-corrected chi connectivity index (χ3v) is 5.60. The monoisotopic (exact) mass is 485 g/mol. The second kappa shape index (κ2) is 7.77. The fourth-order valence-corrected chi connectivity index (χ4v) is 4.17. The number of hydrogen-bond donors (Lipinski definition) is 1. The van der Waals surface area contributed by atoms with Crippen molar-refractivity contribution in [3.8, 4) is 5.75 Å². The molecule has 31 heavy (non-hydrogen) atoms. The number of nitrogens with one attached hydrogen (secondary N) is 1. The third-order valence-electron chi connectivity index (χ3n) is 5.11. The third kappa shape index (κ3) is 3.67. The van der Waals surface area contributed by atoms with Crippen LogP contribution < -0.4 is 10.1 Å². The first kappa shape index (κ1) is 19.7. The highest BCUT2D eigenvalue weighted by Gasteiger charge is 2.28. The Morgan fingerprint density at radius 1 is 1.03 bits per heavy atom. The molecule has 156 valence electrons. The number of ether oxygens (including phenoxy) is 1. The van der Waals surface area contributed by atoms with E-state index in [1.54, 1.807) is 24.3 Å². The zero-order valence-electron chi connectivity index (χ0n) is 15.9. The van der Waals surface area contributed by atoms with Crippen molar-refractivity contribution in [2.45, 2.75) is 12.7 Å². The first-order valence-electron chi connectivity index (χ1n) is 9.45. The van der Waals surface area contributed by atoms with Crippen LogP contribution in [0.1, 0.15) is 17.2 Å². The maximum atomic E-state index is 13.4. The van der Waals surface area contributed by atoms with Gasteiger partial charge in [-0.1, -0.05) is 28.1 Å². The highest BCUT2D eigenvalue weighted by atomic mass is 79.9. The van der Waals surface area contributed by atoms with Crippen LogP contribution in [-0.4, -0.2) is 16.2 Å². The molecule has 0 bridgehead atoms. The number of nitrogens with zero attached hydrogens (tertiary/aromatic N) is 2. The van der Waals surface area contributed by atoms with Gasteiger partial charge in [0, 0.05) is 15.7 Å². The van der Waals surface area contributed by atoms with Crippen LogP contribution in [-0.2, 0) is 0 Å². The smallest absolute Gasteiger partial charge is 0.387 e. The molecular weight excluding hydrogens is 471 g/mol. The highest BCUT2D eigenvalue weighted by molar-refractivity contribution is 9.10. The number of rotatable bonds is 4. The van der Waals surface area contributed by atoms with Gasteiger partial charge in [-0.25, -0.2) is 9.37 Å². The van der Waals surface area contributed by atoms with Crippen molar-refractivity contribution in [3.05, 3.63) is 94.2 Å². The molecule has 3 aromatic carbocycles. The van der Waals surface area contributed by atoms with Gasteiger partial charge in [-0.2, -0.15) is 8.78 Å². The van der Waals surface area contributed by atoms with Crippen molar-refractivity contribution in [1.29, 1.82) is 0 Å². The summed E-state index contributed by atoms with van der Waals surface area (Å²) in [5, 5.41) is 3.29. The zero-order chi connectivity index (χ0) is 21.5. The average molecular weight is 486 g/mol. The minimum Gasteiger partial charge on any atom is -0.434 e. The predicted octanol–water partition coefficient (Wildman–Crippen LogP) is 6.60. The van der Waals surface area contributed by atoms with Crippen LogP contribution in [0.25, 0.3) is 16.7 Å². The fraction of sp³-hybridized carbons (Fsp3) is 0.0870. The molecule has 0 spiro atoms. The molecule has 0 radical (unpaired) electrons. The lowest BCUT2D eigenvalue weighted by Crippen LogP contribution is -2.20. The van der Waals surface area contributed by atoms with Crippen molar-refractivity contribution in [2.75, 3.05) is 5.32 Å². The van der Waals surface area contributed by atoms with E-state index in [2.05, 4.69) is 26.2 Å². The largest absolute Gasteiger partial charge is 0.434 e. The van der Waals surface area contributed by atoms with E-state index in [9.17, 15) is 13.2 Å². The summed E-state index contributed by atoms with van der Waals surface area (Å²) >= 11 is 3.43. The Morgan fingerprint density at radius 2 is 1.81 bits per heavy atom. The van der Waals surface area contributed by atoms with Crippen LogP contribution in [0.4, 0.5) is 19.1 Å². The second-order valence-corrected chi connectivity index (χ2v) is 7.93. The lowest BCUT2D eigenvalue weighted by atomic mass is 10.00. The van der Waals surface area contributed by atoms with Crippen LogP contribution in [0, 0.1) is 5.82 Å². The molecule has 8 heteroatoms. The van der Waals surface area contributed by atoms with Gasteiger partial charge in [0.1, 0.15) is 11.6 Å². The molecule has 1 atom stereocenters. The molecule has 0 fully saturated rings. The molecule has 4 aromatic rings. The Morgan fingerprint density at radius 3 is 2.58 bits per heavy atom. The summed E-state index contributed by atoms with van der Waals surface area (Å²) in [6.07, 6.45) is 1.90. The second-order valence-electron chi connectivity index (χ2n) is 7.01. The Kier molecular flexibility index (Phi) is 4.94. The van der Waals surface area contributed by atoms with Crippen LogP contribution in [0.3, 0.4) is 0 Å². The number of fused-ring (bicyclic) bond motifs is 3. The molecule has 0 aliphatic carbocycles. The van der Waals surface area contributed by atoms with E-state index in [-0.39, 0.29) is 11.6 Å². The van der Waals surface area contributed by atoms with E-state index >= 15 is 0 Å². The summed E-state index contributed by atoms with van der Waals surface area (Å²) in [7, 11) is 0. The van der Waals surface area contributed by atoms with Gasteiger partial charge in [0.2, 0.25) is 5.95 Å². The summed E-state index contributed by atoms with van der Waals surface area (Å²) in [6.45, 7) is -2.96. The van der Waals surface area contributed by atoms with Crippen molar-refractivity contribution >= 4 is 38.6 Å². The summed E-state index contributed by atoms with van der Waals surface area (Å²) < 4.78 is 47.2. The maximum absolute atomic E-state index is 13.4. The number of imidazole rings is 1. The summed E-state index contributed by atoms with van der Waals surface area (Å²) in [5.41, 5.74) is 3.58. The molecule has 0 saturated carbocycles. The Labute approximate surface area is 184 Å². The van der Waals surface area contributed by atoms with Gasteiger partial charge >= 0.3 is 6.61 Å². The average Bonchev–Trinajstić information content (AvgIpc) is 3.13. The van der Waals surface area contributed by atoms with E-state index in [1.807, 2.05) is 34.9 Å². The zero-order valence-corrected chi connectivity index (χ0v) is 17.5. The SMILES string of the molecule is Fc1ccc(C2=CC(c3cc(Br)ccc3OC(F)F)n3c(nc4ccccc43)N2)cc1. The van der Waals surface area contributed by atoms with Gasteiger partial charge in [0.05, 0.1) is 17.1 Å². The quantitative estimate of drug-likeness (QED) is 0.354. The lowest BCUT2D eigenvalue weighted by Gasteiger charge is -2.28. The van der Waals surface area contributed by atoms with Gasteiger partial charge in [0.15, 0.2) is 0 Å². The van der Waals surface area contributed by atoms with E-state index < -0.39 is 12.7 Å². The number of anilines is 1. The predicted molar refractivity (Wildman–Crippen MR) is 117 cm³/mol.